The monoisotopic (exact) mass is 462 g/mol. The number of H-pyrrole nitrogens is 1. The summed E-state index contributed by atoms with van der Waals surface area (Å²) in [7, 11) is 0. The van der Waals surface area contributed by atoms with Crippen molar-refractivity contribution in [2.24, 2.45) is 0 Å². The average molecular weight is 463 g/mol. The van der Waals surface area contributed by atoms with Crippen LogP contribution in [0.25, 0.3) is 11.4 Å². The summed E-state index contributed by atoms with van der Waals surface area (Å²) < 4.78 is 5.49. The van der Waals surface area contributed by atoms with Crippen LogP contribution in [0.1, 0.15) is 22.3 Å². The lowest BCUT2D eigenvalue weighted by molar-refractivity contribution is 0.0695. The smallest absolute Gasteiger partial charge is 0.338 e. The molecule has 0 saturated carbocycles. The Balaban J connectivity index is 1.64. The van der Waals surface area contributed by atoms with Gasteiger partial charge in [0.05, 0.1) is 33.6 Å². The largest absolute Gasteiger partial charge is 0.478 e. The number of aromatic amines is 1. The normalized spacial score (nSPS) is 14.9. The minimum atomic E-state index is -1.03. The molecule has 1 aliphatic rings. The Morgan fingerprint density at radius 3 is 2.74 bits per heavy atom. The van der Waals surface area contributed by atoms with Crippen LogP contribution in [-0.4, -0.2) is 62.9 Å². The summed E-state index contributed by atoms with van der Waals surface area (Å²) >= 11 is 12.9. The van der Waals surface area contributed by atoms with E-state index in [0.29, 0.717) is 51.5 Å². The van der Waals surface area contributed by atoms with E-state index in [9.17, 15) is 9.90 Å². The molecule has 1 aromatic heterocycles. The van der Waals surface area contributed by atoms with Crippen LogP contribution in [0.4, 0.5) is 11.4 Å². The van der Waals surface area contributed by atoms with E-state index in [4.69, 9.17) is 27.9 Å². The van der Waals surface area contributed by atoms with E-state index in [2.05, 4.69) is 30.8 Å². The van der Waals surface area contributed by atoms with Gasteiger partial charge >= 0.3 is 5.97 Å². The summed E-state index contributed by atoms with van der Waals surface area (Å²) in [6.07, 6.45) is 0.915. The van der Waals surface area contributed by atoms with E-state index in [-0.39, 0.29) is 5.56 Å². The lowest BCUT2D eigenvalue weighted by atomic mass is 10.0. The van der Waals surface area contributed by atoms with Crippen molar-refractivity contribution in [2.45, 2.75) is 13.0 Å². The molecule has 0 aliphatic carbocycles. The molecule has 31 heavy (non-hydrogen) atoms. The third kappa shape index (κ3) is 4.96. The maximum Gasteiger partial charge on any atom is 0.338 e. The number of hydrogen-bond acceptors (Lipinski definition) is 7. The zero-order valence-electron chi connectivity index (χ0n) is 16.4. The van der Waals surface area contributed by atoms with Crippen LogP contribution >= 0.6 is 23.2 Å². The van der Waals surface area contributed by atoms with Crippen molar-refractivity contribution < 1.29 is 14.6 Å². The first kappa shape index (κ1) is 21.5. The van der Waals surface area contributed by atoms with Crippen LogP contribution in [0.5, 0.6) is 0 Å². The fraction of sp³-hybridized carbons (Fsp3) is 0.300. The highest BCUT2D eigenvalue weighted by Crippen LogP contribution is 2.37. The van der Waals surface area contributed by atoms with E-state index in [1.807, 2.05) is 12.1 Å². The summed E-state index contributed by atoms with van der Waals surface area (Å²) in [5.41, 5.74) is 2.28. The molecule has 162 valence electrons. The maximum absolute atomic E-state index is 12.1. The predicted octanol–water partition coefficient (Wildman–Crippen LogP) is 3.84. The number of rotatable bonds is 6. The van der Waals surface area contributed by atoms with Crippen LogP contribution in [0.3, 0.4) is 0 Å². The highest BCUT2D eigenvalue weighted by molar-refractivity contribution is 6.39. The average Bonchev–Trinajstić information content (AvgIpc) is 3.16. The molecule has 0 bridgehead atoms. The fourth-order valence-corrected chi connectivity index (χ4v) is 4.11. The van der Waals surface area contributed by atoms with E-state index in [1.165, 1.54) is 0 Å². The van der Waals surface area contributed by atoms with Crippen LogP contribution < -0.4 is 5.32 Å². The lowest BCUT2D eigenvalue weighted by Gasteiger charge is -2.22. The second kappa shape index (κ2) is 9.61. The highest BCUT2D eigenvalue weighted by Gasteiger charge is 2.20. The highest BCUT2D eigenvalue weighted by atomic mass is 35.5. The zero-order chi connectivity index (χ0) is 21.8. The Hall–Kier alpha value is -2.72. The standard InChI is InChI=1S/C20H20Cl2N6O3/c21-14-9-13(19-24-26-27-25-19)10-15(22)18(14)23-16-4-1-3-12(17(16)20(29)30)11-28-5-2-7-31-8-6-28/h1,3-4,9-10,23H,2,5-8,11H2,(H,29,30)(H,24,25,26,27). The van der Waals surface area contributed by atoms with Crippen molar-refractivity contribution in [1.29, 1.82) is 0 Å². The Bertz CT molecular complexity index is 1050. The third-order valence-corrected chi connectivity index (χ3v) is 5.57. The van der Waals surface area contributed by atoms with Gasteiger partial charge < -0.3 is 15.2 Å². The molecule has 1 fully saturated rings. The van der Waals surface area contributed by atoms with Crippen molar-refractivity contribution >= 4 is 40.5 Å². The number of carbonyl (C=O) groups is 1. The molecule has 11 heteroatoms. The molecule has 2 aromatic carbocycles. The Labute approximate surface area is 188 Å². The lowest BCUT2D eigenvalue weighted by Crippen LogP contribution is -2.27. The first-order valence-corrected chi connectivity index (χ1v) is 10.4. The second-order valence-electron chi connectivity index (χ2n) is 7.06. The van der Waals surface area contributed by atoms with Crippen LogP contribution in [-0.2, 0) is 11.3 Å². The van der Waals surface area contributed by atoms with Gasteiger partial charge in [0, 0.05) is 31.8 Å². The van der Waals surface area contributed by atoms with Crippen molar-refractivity contribution in [3.8, 4) is 11.4 Å². The minimum absolute atomic E-state index is 0.182. The molecule has 4 rings (SSSR count). The van der Waals surface area contributed by atoms with E-state index in [1.54, 1.807) is 18.2 Å². The first-order chi connectivity index (χ1) is 15.0. The number of nitrogens with one attached hydrogen (secondary N) is 2. The van der Waals surface area contributed by atoms with Gasteiger partial charge in [-0.05, 0) is 35.4 Å². The number of ether oxygens (including phenoxy) is 1. The van der Waals surface area contributed by atoms with Gasteiger partial charge in [0.2, 0.25) is 5.82 Å². The maximum atomic E-state index is 12.1. The minimum Gasteiger partial charge on any atom is -0.478 e. The summed E-state index contributed by atoms with van der Waals surface area (Å²) in [5, 5.41) is 27.4. The number of benzene rings is 2. The molecular weight excluding hydrogens is 443 g/mol. The molecule has 0 atom stereocenters. The SMILES string of the molecule is O=C(O)c1c(CN2CCCOCC2)cccc1Nc1c(Cl)cc(-c2nn[nH]n2)cc1Cl. The van der Waals surface area contributed by atoms with Crippen molar-refractivity contribution in [1.82, 2.24) is 25.5 Å². The predicted molar refractivity (Wildman–Crippen MR) is 117 cm³/mol. The molecule has 3 N–H and O–H groups in total. The molecule has 0 spiro atoms. The van der Waals surface area contributed by atoms with Crippen LogP contribution in [0.15, 0.2) is 30.3 Å². The number of aromatic carboxylic acids is 1. The third-order valence-electron chi connectivity index (χ3n) is 4.98. The number of anilines is 2. The number of carboxylic acid groups (broad SMARTS) is 1. The summed E-state index contributed by atoms with van der Waals surface area (Å²) in [6, 6.07) is 8.61. The van der Waals surface area contributed by atoms with Crippen molar-refractivity contribution in [3.63, 3.8) is 0 Å². The van der Waals surface area contributed by atoms with Crippen molar-refractivity contribution in [2.75, 3.05) is 31.6 Å². The van der Waals surface area contributed by atoms with Gasteiger partial charge in [0.1, 0.15) is 0 Å². The van der Waals surface area contributed by atoms with Gasteiger partial charge in [-0.15, -0.1) is 10.2 Å². The van der Waals surface area contributed by atoms with Crippen molar-refractivity contribution in [3.05, 3.63) is 51.5 Å². The van der Waals surface area contributed by atoms with Gasteiger partial charge in [0.25, 0.3) is 0 Å². The number of tetrazole rings is 1. The van der Waals surface area contributed by atoms with Gasteiger partial charge in [-0.3, -0.25) is 4.90 Å². The van der Waals surface area contributed by atoms with Gasteiger partial charge in [0.15, 0.2) is 0 Å². The first-order valence-electron chi connectivity index (χ1n) is 9.68. The van der Waals surface area contributed by atoms with Gasteiger partial charge in [-0.2, -0.15) is 5.21 Å². The summed E-state index contributed by atoms with van der Waals surface area (Å²) in [5.74, 6) is -0.676. The van der Waals surface area contributed by atoms with E-state index < -0.39 is 5.97 Å². The zero-order valence-corrected chi connectivity index (χ0v) is 17.9. The van der Waals surface area contributed by atoms with E-state index >= 15 is 0 Å². The molecule has 0 radical (unpaired) electrons. The second-order valence-corrected chi connectivity index (χ2v) is 7.88. The van der Waals surface area contributed by atoms with Gasteiger partial charge in [-0.1, -0.05) is 35.3 Å². The Kier molecular flexibility index (Phi) is 6.67. The molecule has 0 unspecified atom stereocenters. The summed E-state index contributed by atoms with van der Waals surface area (Å²) in [6.45, 7) is 3.48. The Morgan fingerprint density at radius 2 is 2.03 bits per heavy atom. The van der Waals surface area contributed by atoms with Crippen LogP contribution in [0, 0.1) is 0 Å². The number of halogens is 2. The number of aromatic nitrogens is 4. The van der Waals surface area contributed by atoms with E-state index in [0.717, 1.165) is 26.1 Å². The quantitative estimate of drug-likeness (QED) is 0.505. The molecule has 1 aliphatic heterocycles. The molecular formula is C20H20Cl2N6O3. The molecule has 0 amide bonds. The van der Waals surface area contributed by atoms with Gasteiger partial charge in [-0.25, -0.2) is 4.79 Å². The fourth-order valence-electron chi connectivity index (χ4n) is 3.53. The molecule has 2 heterocycles. The summed E-state index contributed by atoms with van der Waals surface area (Å²) in [4.78, 5) is 14.3. The molecule has 1 saturated heterocycles. The Morgan fingerprint density at radius 1 is 1.23 bits per heavy atom. The molecule has 9 nitrogen and oxygen atoms in total. The van der Waals surface area contributed by atoms with Crippen LogP contribution in [0.2, 0.25) is 10.0 Å². The topological polar surface area (TPSA) is 116 Å². The number of hydrogen-bond donors (Lipinski definition) is 3. The number of nitrogens with zero attached hydrogens (tertiary/aromatic N) is 4. The molecule has 3 aromatic rings. The number of carboxylic acids is 1.